The molecule has 1 aromatic carbocycles. The molecule has 0 fully saturated rings. The Balaban J connectivity index is 2.68. The maximum atomic E-state index is 9.30. The Hall–Kier alpha value is -0.900. The molecule has 0 bridgehead atoms. The molecule has 1 aromatic rings. The van der Waals surface area contributed by atoms with E-state index in [9.17, 15) is 5.11 Å². The molecule has 1 rings (SSSR count). The fraction of sp³-hybridized carbons (Fsp3) is 0.455. The van der Waals surface area contributed by atoms with Crippen LogP contribution in [0.25, 0.3) is 0 Å². The van der Waals surface area contributed by atoms with Crippen molar-refractivity contribution in [2.24, 2.45) is 0 Å². The Labute approximate surface area is 83.6 Å². The second kappa shape index (κ2) is 5.10. The number of hydrogen-bond donors (Lipinski definition) is 3. The van der Waals surface area contributed by atoms with E-state index in [1.807, 2.05) is 12.1 Å². The molecule has 0 aliphatic rings. The van der Waals surface area contributed by atoms with Gasteiger partial charge >= 0.3 is 0 Å². The molecule has 3 heteroatoms. The summed E-state index contributed by atoms with van der Waals surface area (Å²) in [6.45, 7) is 1.46. The van der Waals surface area contributed by atoms with Gasteiger partial charge in [-0.15, -0.1) is 0 Å². The highest BCUT2D eigenvalue weighted by atomic mass is 16.3. The molecule has 3 N–H and O–H groups in total. The van der Waals surface area contributed by atoms with Crippen LogP contribution in [0.2, 0.25) is 0 Å². The molecule has 0 saturated carbocycles. The SMILES string of the molecule is CC(O)Cc1ccc(C(O)CO)cc1. The molecule has 0 aromatic heterocycles. The Kier molecular flexibility index (Phi) is 4.07. The van der Waals surface area contributed by atoms with Crippen LogP contribution in [0.15, 0.2) is 24.3 Å². The zero-order chi connectivity index (χ0) is 10.6. The van der Waals surface area contributed by atoms with Gasteiger partial charge in [-0.05, 0) is 24.5 Å². The highest BCUT2D eigenvalue weighted by molar-refractivity contribution is 5.24. The summed E-state index contributed by atoms with van der Waals surface area (Å²) in [5, 5.41) is 27.2. The monoisotopic (exact) mass is 196 g/mol. The van der Waals surface area contributed by atoms with Gasteiger partial charge in [-0.1, -0.05) is 24.3 Å². The second-order valence-electron chi connectivity index (χ2n) is 3.49. The first-order chi connectivity index (χ1) is 6.63. The number of aliphatic hydroxyl groups excluding tert-OH is 3. The van der Waals surface area contributed by atoms with Crippen molar-refractivity contribution >= 4 is 0 Å². The molecule has 0 radical (unpaired) electrons. The minimum Gasteiger partial charge on any atom is -0.393 e. The Morgan fingerprint density at radius 2 is 1.71 bits per heavy atom. The van der Waals surface area contributed by atoms with Gasteiger partial charge in [0.2, 0.25) is 0 Å². The van der Waals surface area contributed by atoms with Crippen LogP contribution in [0.4, 0.5) is 0 Å². The van der Waals surface area contributed by atoms with Crippen molar-refractivity contribution in [3.63, 3.8) is 0 Å². The third-order valence-corrected chi connectivity index (χ3v) is 2.07. The Bertz CT molecular complexity index is 266. The lowest BCUT2D eigenvalue weighted by Gasteiger charge is -2.09. The quantitative estimate of drug-likeness (QED) is 0.662. The highest BCUT2D eigenvalue weighted by Gasteiger charge is 2.05. The molecule has 14 heavy (non-hydrogen) atoms. The lowest BCUT2D eigenvalue weighted by molar-refractivity contribution is 0.0956. The molecule has 0 amide bonds. The lowest BCUT2D eigenvalue weighted by atomic mass is 10.0. The Morgan fingerprint density at radius 1 is 1.14 bits per heavy atom. The molecule has 0 saturated heterocycles. The van der Waals surface area contributed by atoms with E-state index in [1.54, 1.807) is 19.1 Å². The zero-order valence-electron chi connectivity index (χ0n) is 8.22. The van der Waals surface area contributed by atoms with E-state index in [4.69, 9.17) is 10.2 Å². The van der Waals surface area contributed by atoms with Gasteiger partial charge in [0, 0.05) is 0 Å². The predicted molar refractivity (Wildman–Crippen MR) is 53.9 cm³/mol. The minimum absolute atomic E-state index is 0.268. The molecule has 0 aliphatic heterocycles. The third-order valence-electron chi connectivity index (χ3n) is 2.07. The fourth-order valence-electron chi connectivity index (χ4n) is 1.32. The first-order valence-corrected chi connectivity index (χ1v) is 4.69. The van der Waals surface area contributed by atoms with Crippen molar-refractivity contribution in [3.05, 3.63) is 35.4 Å². The molecule has 0 aliphatic carbocycles. The molecule has 0 spiro atoms. The van der Waals surface area contributed by atoms with Crippen LogP contribution < -0.4 is 0 Å². The summed E-state index contributed by atoms with van der Waals surface area (Å²) in [6, 6.07) is 7.22. The van der Waals surface area contributed by atoms with Crippen molar-refractivity contribution in [2.75, 3.05) is 6.61 Å². The van der Waals surface area contributed by atoms with E-state index >= 15 is 0 Å². The number of aliphatic hydroxyl groups is 3. The highest BCUT2D eigenvalue weighted by Crippen LogP contribution is 2.13. The number of rotatable bonds is 4. The summed E-state index contributed by atoms with van der Waals surface area (Å²) < 4.78 is 0. The third kappa shape index (κ3) is 3.10. The van der Waals surface area contributed by atoms with Gasteiger partial charge in [0.05, 0.1) is 12.7 Å². The minimum atomic E-state index is -0.810. The normalized spacial score (nSPS) is 15.1. The molecular formula is C11H16O3. The summed E-state index contributed by atoms with van der Waals surface area (Å²) in [7, 11) is 0. The van der Waals surface area contributed by atoms with Gasteiger partial charge in [-0.3, -0.25) is 0 Å². The molecule has 2 atom stereocenters. The van der Waals surface area contributed by atoms with Crippen LogP contribution in [0, 0.1) is 0 Å². The number of benzene rings is 1. The van der Waals surface area contributed by atoms with Crippen LogP contribution in [-0.4, -0.2) is 28.0 Å². The van der Waals surface area contributed by atoms with E-state index in [0.717, 1.165) is 5.56 Å². The van der Waals surface area contributed by atoms with Crippen LogP contribution in [0.1, 0.15) is 24.2 Å². The van der Waals surface area contributed by atoms with E-state index < -0.39 is 6.10 Å². The first kappa shape index (κ1) is 11.2. The maximum absolute atomic E-state index is 9.30. The average molecular weight is 196 g/mol. The lowest BCUT2D eigenvalue weighted by Crippen LogP contribution is -2.05. The fourth-order valence-corrected chi connectivity index (χ4v) is 1.32. The van der Waals surface area contributed by atoms with Gasteiger partial charge in [0.25, 0.3) is 0 Å². The van der Waals surface area contributed by atoms with E-state index in [1.165, 1.54) is 0 Å². The molecule has 3 nitrogen and oxygen atoms in total. The van der Waals surface area contributed by atoms with Crippen LogP contribution in [0.5, 0.6) is 0 Å². The standard InChI is InChI=1S/C11H16O3/c1-8(13)6-9-2-4-10(5-3-9)11(14)7-12/h2-5,8,11-14H,6-7H2,1H3. The second-order valence-corrected chi connectivity index (χ2v) is 3.49. The van der Waals surface area contributed by atoms with Crippen molar-refractivity contribution in [1.82, 2.24) is 0 Å². The maximum Gasteiger partial charge on any atom is 0.102 e. The van der Waals surface area contributed by atoms with Crippen molar-refractivity contribution < 1.29 is 15.3 Å². The predicted octanol–water partition coefficient (Wildman–Crippen LogP) is 0.636. The molecule has 0 heterocycles. The average Bonchev–Trinajstić information content (AvgIpc) is 2.17. The molecular weight excluding hydrogens is 180 g/mol. The molecule has 78 valence electrons. The van der Waals surface area contributed by atoms with Crippen LogP contribution >= 0.6 is 0 Å². The number of hydrogen-bond acceptors (Lipinski definition) is 3. The Morgan fingerprint density at radius 3 is 2.14 bits per heavy atom. The van der Waals surface area contributed by atoms with Gasteiger partial charge in [0.15, 0.2) is 0 Å². The van der Waals surface area contributed by atoms with E-state index in [0.29, 0.717) is 12.0 Å². The first-order valence-electron chi connectivity index (χ1n) is 4.69. The summed E-state index contributed by atoms with van der Waals surface area (Å²) in [5.74, 6) is 0. The van der Waals surface area contributed by atoms with Gasteiger partial charge in [-0.2, -0.15) is 0 Å². The summed E-state index contributed by atoms with van der Waals surface area (Å²) in [4.78, 5) is 0. The van der Waals surface area contributed by atoms with Crippen molar-refractivity contribution in [3.8, 4) is 0 Å². The smallest absolute Gasteiger partial charge is 0.102 e. The molecule has 2 unspecified atom stereocenters. The van der Waals surface area contributed by atoms with Gasteiger partial charge < -0.3 is 15.3 Å². The van der Waals surface area contributed by atoms with E-state index in [2.05, 4.69) is 0 Å². The zero-order valence-corrected chi connectivity index (χ0v) is 8.22. The van der Waals surface area contributed by atoms with Crippen LogP contribution in [-0.2, 0) is 6.42 Å². The van der Waals surface area contributed by atoms with E-state index in [-0.39, 0.29) is 12.7 Å². The summed E-state index contributed by atoms with van der Waals surface area (Å²) >= 11 is 0. The van der Waals surface area contributed by atoms with Crippen molar-refractivity contribution in [2.45, 2.75) is 25.6 Å². The van der Waals surface area contributed by atoms with Gasteiger partial charge in [-0.25, -0.2) is 0 Å². The summed E-state index contributed by atoms with van der Waals surface area (Å²) in [5.41, 5.74) is 1.72. The topological polar surface area (TPSA) is 60.7 Å². The van der Waals surface area contributed by atoms with Crippen LogP contribution in [0.3, 0.4) is 0 Å². The van der Waals surface area contributed by atoms with Crippen molar-refractivity contribution in [1.29, 1.82) is 0 Å². The summed E-state index contributed by atoms with van der Waals surface area (Å²) in [6.07, 6.45) is -0.561. The largest absolute Gasteiger partial charge is 0.393 e. The van der Waals surface area contributed by atoms with Gasteiger partial charge in [0.1, 0.15) is 6.10 Å².